The predicted octanol–water partition coefficient (Wildman–Crippen LogP) is 2.72. The maximum atomic E-state index is 12.2. The molecule has 130 valence electrons. The van der Waals surface area contributed by atoms with E-state index < -0.39 is 0 Å². The van der Waals surface area contributed by atoms with E-state index in [1.807, 2.05) is 18.2 Å². The molecule has 1 aromatic carbocycles. The van der Waals surface area contributed by atoms with E-state index in [1.54, 1.807) is 18.1 Å². The second-order valence-electron chi connectivity index (χ2n) is 6.40. The number of cyclic esters (lactones) is 1. The molecule has 1 saturated heterocycles. The first kappa shape index (κ1) is 16.6. The first-order valence-electron chi connectivity index (χ1n) is 8.57. The number of nitrogens with one attached hydrogen (secondary N) is 1. The van der Waals surface area contributed by atoms with Crippen molar-refractivity contribution in [1.82, 2.24) is 5.32 Å². The molecule has 1 saturated carbocycles. The maximum Gasteiger partial charge on any atom is 0.414 e. The molecule has 2 amide bonds. The summed E-state index contributed by atoms with van der Waals surface area (Å²) in [5.41, 5.74) is 0.737. The van der Waals surface area contributed by atoms with Crippen LogP contribution in [0.25, 0.3) is 0 Å². The van der Waals surface area contributed by atoms with Gasteiger partial charge in [-0.3, -0.25) is 9.69 Å². The van der Waals surface area contributed by atoms with Crippen LogP contribution in [0.4, 0.5) is 10.5 Å². The zero-order valence-corrected chi connectivity index (χ0v) is 14.0. The van der Waals surface area contributed by atoms with Crippen molar-refractivity contribution >= 4 is 17.7 Å². The molecule has 0 spiro atoms. The molecule has 1 aliphatic heterocycles. The molecule has 1 atom stereocenters. The van der Waals surface area contributed by atoms with Crippen LogP contribution >= 0.6 is 0 Å². The molecule has 1 aliphatic carbocycles. The third kappa shape index (κ3) is 3.80. The Morgan fingerprint density at radius 1 is 1.33 bits per heavy atom. The van der Waals surface area contributed by atoms with Gasteiger partial charge in [0.1, 0.15) is 11.9 Å². The number of methoxy groups -OCH3 is 1. The van der Waals surface area contributed by atoms with E-state index in [0.29, 0.717) is 18.8 Å². The Kier molecular flexibility index (Phi) is 5.23. The molecule has 2 fully saturated rings. The van der Waals surface area contributed by atoms with Crippen LogP contribution in [0.2, 0.25) is 0 Å². The number of ether oxygens (including phenoxy) is 2. The zero-order valence-electron chi connectivity index (χ0n) is 14.0. The smallest absolute Gasteiger partial charge is 0.414 e. The van der Waals surface area contributed by atoms with Gasteiger partial charge in [0.25, 0.3) is 0 Å². The molecule has 1 unspecified atom stereocenters. The quantitative estimate of drug-likeness (QED) is 0.900. The van der Waals surface area contributed by atoms with Crippen molar-refractivity contribution in [3.63, 3.8) is 0 Å². The second-order valence-corrected chi connectivity index (χ2v) is 6.40. The maximum absolute atomic E-state index is 12.2. The van der Waals surface area contributed by atoms with Crippen LogP contribution in [-0.2, 0) is 9.53 Å². The molecular weight excluding hydrogens is 308 g/mol. The largest absolute Gasteiger partial charge is 0.497 e. The van der Waals surface area contributed by atoms with Gasteiger partial charge < -0.3 is 14.8 Å². The monoisotopic (exact) mass is 332 g/mol. The molecule has 1 N–H and O–H groups in total. The summed E-state index contributed by atoms with van der Waals surface area (Å²) >= 11 is 0. The van der Waals surface area contributed by atoms with E-state index >= 15 is 0 Å². The van der Waals surface area contributed by atoms with Gasteiger partial charge in [0.05, 0.1) is 25.9 Å². The summed E-state index contributed by atoms with van der Waals surface area (Å²) in [6.45, 7) is 0.790. The van der Waals surface area contributed by atoms with Crippen molar-refractivity contribution in [2.24, 2.45) is 5.92 Å². The normalized spacial score (nSPS) is 21.5. The Bertz CT molecular complexity index is 598. The minimum atomic E-state index is -0.389. The van der Waals surface area contributed by atoms with Gasteiger partial charge in [0, 0.05) is 12.0 Å². The summed E-state index contributed by atoms with van der Waals surface area (Å²) in [5, 5.41) is 2.94. The highest BCUT2D eigenvalue weighted by Gasteiger charge is 2.33. The molecule has 3 rings (SSSR count). The fraction of sp³-hybridized carbons (Fsp3) is 0.556. The number of carbonyl (C=O) groups is 2. The van der Waals surface area contributed by atoms with Crippen LogP contribution in [0.1, 0.15) is 32.1 Å². The van der Waals surface area contributed by atoms with E-state index in [9.17, 15) is 9.59 Å². The molecule has 1 aromatic rings. The fourth-order valence-electron chi connectivity index (χ4n) is 3.34. The van der Waals surface area contributed by atoms with Crippen LogP contribution in [-0.4, -0.2) is 38.3 Å². The first-order chi connectivity index (χ1) is 11.7. The molecule has 6 heteroatoms. The van der Waals surface area contributed by atoms with E-state index in [2.05, 4.69) is 5.32 Å². The summed E-state index contributed by atoms with van der Waals surface area (Å²) < 4.78 is 10.6. The molecule has 0 aromatic heterocycles. The molecule has 6 nitrogen and oxygen atoms in total. The van der Waals surface area contributed by atoms with Gasteiger partial charge in [-0.1, -0.05) is 25.3 Å². The molecule has 2 aliphatic rings. The second kappa shape index (κ2) is 7.55. The van der Waals surface area contributed by atoms with E-state index in [4.69, 9.17) is 9.47 Å². The van der Waals surface area contributed by atoms with Crippen molar-refractivity contribution in [1.29, 1.82) is 0 Å². The lowest BCUT2D eigenvalue weighted by molar-refractivity contribution is -0.126. The molecule has 0 bridgehead atoms. The minimum absolute atomic E-state index is 0.0885. The lowest BCUT2D eigenvalue weighted by atomic mass is 9.88. The Morgan fingerprint density at radius 3 is 2.88 bits per heavy atom. The summed E-state index contributed by atoms with van der Waals surface area (Å²) in [4.78, 5) is 25.8. The Labute approximate surface area is 142 Å². The van der Waals surface area contributed by atoms with E-state index in [-0.39, 0.29) is 24.0 Å². The minimum Gasteiger partial charge on any atom is -0.497 e. The highest BCUT2D eigenvalue weighted by molar-refractivity contribution is 5.90. The number of benzene rings is 1. The molecular formula is C18H24N2O4. The number of rotatable bonds is 5. The van der Waals surface area contributed by atoms with Crippen molar-refractivity contribution in [2.75, 3.05) is 25.1 Å². The van der Waals surface area contributed by atoms with Gasteiger partial charge in [0.2, 0.25) is 5.91 Å². The van der Waals surface area contributed by atoms with Crippen molar-refractivity contribution < 1.29 is 19.1 Å². The Hall–Kier alpha value is -2.24. The predicted molar refractivity (Wildman–Crippen MR) is 90.2 cm³/mol. The number of nitrogens with zero attached hydrogens (tertiary/aromatic N) is 1. The van der Waals surface area contributed by atoms with Gasteiger partial charge in [-0.15, -0.1) is 0 Å². The van der Waals surface area contributed by atoms with Gasteiger partial charge in [0.15, 0.2) is 0 Å². The molecule has 24 heavy (non-hydrogen) atoms. The van der Waals surface area contributed by atoms with Crippen LogP contribution in [0, 0.1) is 5.92 Å². The van der Waals surface area contributed by atoms with Crippen LogP contribution < -0.4 is 15.0 Å². The molecule has 0 radical (unpaired) electrons. The summed E-state index contributed by atoms with van der Waals surface area (Å²) in [6.07, 6.45) is 4.69. The Balaban J connectivity index is 1.53. The average molecular weight is 332 g/mol. The van der Waals surface area contributed by atoms with Crippen LogP contribution in [0.5, 0.6) is 5.75 Å². The SMILES string of the molecule is COc1cccc(N2CC(CNC(=O)C3CCCCC3)OC2=O)c1. The van der Waals surface area contributed by atoms with Gasteiger partial charge >= 0.3 is 6.09 Å². The van der Waals surface area contributed by atoms with E-state index in [1.165, 1.54) is 6.42 Å². The van der Waals surface area contributed by atoms with Gasteiger partial charge in [-0.2, -0.15) is 0 Å². The highest BCUT2D eigenvalue weighted by Crippen LogP contribution is 2.26. The van der Waals surface area contributed by atoms with Gasteiger partial charge in [-0.05, 0) is 25.0 Å². The summed E-state index contributed by atoms with van der Waals surface area (Å²) in [7, 11) is 1.59. The average Bonchev–Trinajstić information content (AvgIpc) is 3.01. The summed E-state index contributed by atoms with van der Waals surface area (Å²) in [5.74, 6) is 0.894. The first-order valence-corrected chi connectivity index (χ1v) is 8.57. The zero-order chi connectivity index (χ0) is 16.9. The lowest BCUT2D eigenvalue weighted by Crippen LogP contribution is -2.38. The van der Waals surface area contributed by atoms with Crippen molar-refractivity contribution in [3.05, 3.63) is 24.3 Å². The number of anilines is 1. The van der Waals surface area contributed by atoms with Crippen LogP contribution in [0.3, 0.4) is 0 Å². The topological polar surface area (TPSA) is 67.9 Å². The third-order valence-corrected chi connectivity index (χ3v) is 4.72. The van der Waals surface area contributed by atoms with Crippen molar-refractivity contribution in [3.8, 4) is 5.75 Å². The highest BCUT2D eigenvalue weighted by atomic mass is 16.6. The number of hydrogen-bond donors (Lipinski definition) is 1. The number of carbonyl (C=O) groups excluding carboxylic acids is 2. The fourth-order valence-corrected chi connectivity index (χ4v) is 3.34. The third-order valence-electron chi connectivity index (χ3n) is 4.72. The lowest BCUT2D eigenvalue weighted by Gasteiger charge is -2.21. The van der Waals surface area contributed by atoms with E-state index in [0.717, 1.165) is 31.4 Å². The molecule has 1 heterocycles. The summed E-state index contributed by atoms with van der Waals surface area (Å²) in [6, 6.07) is 7.30. The number of amides is 2. The van der Waals surface area contributed by atoms with Crippen LogP contribution in [0.15, 0.2) is 24.3 Å². The number of hydrogen-bond acceptors (Lipinski definition) is 4. The van der Waals surface area contributed by atoms with Crippen molar-refractivity contribution in [2.45, 2.75) is 38.2 Å². The standard InChI is InChI=1S/C18H24N2O4/c1-23-15-9-5-8-14(10-15)20-12-16(24-18(20)22)11-19-17(21)13-6-3-2-4-7-13/h5,8-10,13,16H,2-4,6-7,11-12H2,1H3,(H,19,21). The van der Waals surface area contributed by atoms with Gasteiger partial charge in [-0.25, -0.2) is 4.79 Å². The Morgan fingerprint density at radius 2 is 2.12 bits per heavy atom.